The lowest BCUT2D eigenvalue weighted by Crippen LogP contribution is -2.42. The fourth-order valence-electron chi connectivity index (χ4n) is 3.41. The van der Waals surface area contributed by atoms with Crippen molar-refractivity contribution in [3.8, 4) is 0 Å². The summed E-state index contributed by atoms with van der Waals surface area (Å²) in [5.74, 6) is -1.000. The van der Waals surface area contributed by atoms with E-state index < -0.39 is 5.97 Å². The molecule has 1 aliphatic heterocycles. The highest BCUT2D eigenvalue weighted by atomic mass is 16.5. The molecule has 0 unspecified atom stereocenters. The van der Waals surface area contributed by atoms with Gasteiger partial charge in [0, 0.05) is 36.6 Å². The molecule has 0 atom stereocenters. The number of aromatic nitrogens is 1. The van der Waals surface area contributed by atoms with E-state index in [1.165, 1.54) is 7.11 Å². The zero-order valence-corrected chi connectivity index (χ0v) is 15.4. The first kappa shape index (κ1) is 18.9. The molecule has 2 aromatic rings. The van der Waals surface area contributed by atoms with Crippen molar-refractivity contribution in [2.45, 2.75) is 25.7 Å². The summed E-state index contributed by atoms with van der Waals surface area (Å²) in [5.41, 5.74) is 2.09. The van der Waals surface area contributed by atoms with Gasteiger partial charge >= 0.3 is 11.9 Å². The second kappa shape index (κ2) is 8.70. The van der Waals surface area contributed by atoms with Gasteiger partial charge in [0.1, 0.15) is 0 Å². The highest BCUT2D eigenvalue weighted by Gasteiger charge is 2.28. The quantitative estimate of drug-likeness (QED) is 0.784. The van der Waals surface area contributed by atoms with Gasteiger partial charge in [0.25, 0.3) is 5.91 Å². The second-order valence-electron chi connectivity index (χ2n) is 6.70. The van der Waals surface area contributed by atoms with E-state index in [1.54, 1.807) is 4.90 Å². The summed E-state index contributed by atoms with van der Waals surface area (Å²) in [7, 11) is 1.37. The Morgan fingerprint density at radius 3 is 2.67 bits per heavy atom. The van der Waals surface area contributed by atoms with Crippen LogP contribution in [0.15, 0.2) is 30.5 Å². The monoisotopic (exact) mass is 372 g/mol. The smallest absolute Gasteiger partial charge is 0.308 e. The van der Waals surface area contributed by atoms with Crippen LogP contribution in [0.3, 0.4) is 0 Å². The van der Waals surface area contributed by atoms with Crippen LogP contribution in [0.4, 0.5) is 0 Å². The van der Waals surface area contributed by atoms with Crippen LogP contribution in [0.1, 0.15) is 24.8 Å². The van der Waals surface area contributed by atoms with Crippen LogP contribution < -0.4 is 0 Å². The molecule has 7 heteroatoms. The number of hydrogen-bond donors (Lipinski definition) is 1. The Kier molecular flexibility index (Phi) is 6.11. The lowest BCUT2D eigenvalue weighted by atomic mass is 9.97. The summed E-state index contributed by atoms with van der Waals surface area (Å²) < 4.78 is 9.87. The zero-order chi connectivity index (χ0) is 19.2. The maximum absolute atomic E-state index is 12.2. The molecule has 1 saturated heterocycles. The molecule has 1 aliphatic rings. The Balaban J connectivity index is 1.40. The van der Waals surface area contributed by atoms with E-state index in [0.717, 1.165) is 16.5 Å². The molecule has 144 valence electrons. The van der Waals surface area contributed by atoms with Gasteiger partial charge in [-0.1, -0.05) is 18.2 Å². The predicted molar refractivity (Wildman–Crippen MR) is 98.9 cm³/mol. The van der Waals surface area contributed by atoms with Crippen LogP contribution >= 0.6 is 0 Å². The number of fused-ring (bicyclic) bond motifs is 1. The standard InChI is InChI=1S/C20H24N2O5/c1-26-20(25)14-8-10-22(11-9-14)18(23)13-27-19(24)7-6-15-12-21-17-5-3-2-4-16(15)17/h2-5,12,14,21H,6-11,13H2,1H3. The van der Waals surface area contributed by atoms with Crippen LogP contribution in [-0.2, 0) is 30.3 Å². The van der Waals surface area contributed by atoms with Crippen molar-refractivity contribution in [1.82, 2.24) is 9.88 Å². The number of carbonyl (C=O) groups is 3. The SMILES string of the molecule is COC(=O)C1CCN(C(=O)COC(=O)CCc2c[nH]c3ccccc23)CC1. The van der Waals surface area contributed by atoms with Crippen molar-refractivity contribution in [1.29, 1.82) is 0 Å². The Morgan fingerprint density at radius 2 is 1.93 bits per heavy atom. The number of para-hydroxylation sites is 1. The third-order valence-corrected chi connectivity index (χ3v) is 5.01. The van der Waals surface area contributed by atoms with Gasteiger partial charge in [-0.2, -0.15) is 0 Å². The first-order valence-electron chi connectivity index (χ1n) is 9.14. The molecule has 0 saturated carbocycles. The average Bonchev–Trinajstić information content (AvgIpc) is 3.13. The number of rotatable bonds is 6. The third kappa shape index (κ3) is 4.67. The summed E-state index contributed by atoms with van der Waals surface area (Å²) in [6.07, 6.45) is 3.83. The summed E-state index contributed by atoms with van der Waals surface area (Å²) in [6.45, 7) is 0.701. The van der Waals surface area contributed by atoms with Gasteiger partial charge < -0.3 is 19.4 Å². The van der Waals surface area contributed by atoms with Crippen molar-refractivity contribution in [3.05, 3.63) is 36.0 Å². The number of ether oxygens (including phenoxy) is 2. The predicted octanol–water partition coefficient (Wildman–Crippen LogP) is 2.06. The largest absolute Gasteiger partial charge is 0.469 e. The van der Waals surface area contributed by atoms with Crippen molar-refractivity contribution in [2.24, 2.45) is 5.92 Å². The lowest BCUT2D eigenvalue weighted by Gasteiger charge is -2.30. The molecule has 1 aromatic heterocycles. The summed E-state index contributed by atoms with van der Waals surface area (Å²) >= 11 is 0. The van der Waals surface area contributed by atoms with Crippen LogP contribution in [0.2, 0.25) is 0 Å². The minimum atomic E-state index is -0.391. The summed E-state index contributed by atoms with van der Waals surface area (Å²) in [5, 5.41) is 1.09. The van der Waals surface area contributed by atoms with Crippen molar-refractivity contribution < 1.29 is 23.9 Å². The van der Waals surface area contributed by atoms with Crippen molar-refractivity contribution in [3.63, 3.8) is 0 Å². The molecular formula is C20H24N2O5. The molecule has 1 amide bonds. The van der Waals surface area contributed by atoms with Crippen molar-refractivity contribution >= 4 is 28.7 Å². The van der Waals surface area contributed by atoms with E-state index in [-0.39, 0.29) is 30.8 Å². The van der Waals surface area contributed by atoms with Gasteiger partial charge in [0.2, 0.25) is 0 Å². The molecule has 0 aliphatic carbocycles. The van der Waals surface area contributed by atoms with E-state index in [4.69, 9.17) is 9.47 Å². The topological polar surface area (TPSA) is 88.7 Å². The number of likely N-dealkylation sites (tertiary alicyclic amines) is 1. The lowest BCUT2D eigenvalue weighted by molar-refractivity contribution is -0.154. The number of piperidine rings is 1. The van der Waals surface area contributed by atoms with Crippen LogP contribution in [0.25, 0.3) is 10.9 Å². The number of aromatic amines is 1. The fraction of sp³-hybridized carbons (Fsp3) is 0.450. The molecule has 0 radical (unpaired) electrons. The maximum atomic E-state index is 12.2. The van der Waals surface area contributed by atoms with Gasteiger partial charge in [0.15, 0.2) is 6.61 Å². The Morgan fingerprint density at radius 1 is 1.19 bits per heavy atom. The number of aryl methyl sites for hydroxylation is 1. The highest BCUT2D eigenvalue weighted by Crippen LogP contribution is 2.20. The molecule has 1 fully saturated rings. The molecule has 27 heavy (non-hydrogen) atoms. The van der Waals surface area contributed by atoms with Gasteiger partial charge in [-0.3, -0.25) is 14.4 Å². The number of benzene rings is 1. The molecule has 1 N–H and O–H groups in total. The molecule has 0 bridgehead atoms. The molecule has 7 nitrogen and oxygen atoms in total. The summed E-state index contributed by atoms with van der Waals surface area (Å²) in [6, 6.07) is 7.91. The number of nitrogens with zero attached hydrogens (tertiary/aromatic N) is 1. The van der Waals surface area contributed by atoms with Gasteiger partial charge in [0.05, 0.1) is 13.0 Å². The molecular weight excluding hydrogens is 348 g/mol. The molecule has 2 heterocycles. The zero-order valence-electron chi connectivity index (χ0n) is 15.4. The molecule has 1 aromatic carbocycles. The maximum Gasteiger partial charge on any atom is 0.308 e. The first-order chi connectivity index (χ1) is 13.1. The number of carbonyl (C=O) groups excluding carboxylic acids is 3. The minimum absolute atomic E-state index is 0.155. The number of H-pyrrole nitrogens is 1. The third-order valence-electron chi connectivity index (χ3n) is 5.01. The normalized spacial score (nSPS) is 14.9. The van der Waals surface area contributed by atoms with Crippen molar-refractivity contribution in [2.75, 3.05) is 26.8 Å². The number of esters is 2. The Bertz CT molecular complexity index is 821. The summed E-state index contributed by atoms with van der Waals surface area (Å²) in [4.78, 5) is 40.5. The van der Waals surface area contributed by atoms with E-state index >= 15 is 0 Å². The van der Waals surface area contributed by atoms with E-state index in [0.29, 0.717) is 32.4 Å². The van der Waals surface area contributed by atoms with Crippen LogP contribution in [0, 0.1) is 5.92 Å². The first-order valence-corrected chi connectivity index (χ1v) is 9.14. The van der Waals surface area contributed by atoms with Gasteiger partial charge in [-0.15, -0.1) is 0 Å². The number of nitrogens with one attached hydrogen (secondary N) is 1. The Labute approximate surface area is 157 Å². The van der Waals surface area contributed by atoms with E-state index in [9.17, 15) is 14.4 Å². The highest BCUT2D eigenvalue weighted by molar-refractivity contribution is 5.84. The Hall–Kier alpha value is -2.83. The molecule has 0 spiro atoms. The van der Waals surface area contributed by atoms with Gasteiger partial charge in [-0.05, 0) is 30.9 Å². The number of hydrogen-bond acceptors (Lipinski definition) is 5. The van der Waals surface area contributed by atoms with Crippen LogP contribution in [0.5, 0.6) is 0 Å². The molecule has 3 rings (SSSR count). The second-order valence-corrected chi connectivity index (χ2v) is 6.70. The van der Waals surface area contributed by atoms with Gasteiger partial charge in [-0.25, -0.2) is 0 Å². The van der Waals surface area contributed by atoms with Crippen LogP contribution in [-0.4, -0.2) is 54.5 Å². The number of methoxy groups -OCH3 is 1. The average molecular weight is 372 g/mol. The van der Waals surface area contributed by atoms with E-state index in [1.807, 2.05) is 30.5 Å². The van der Waals surface area contributed by atoms with E-state index in [2.05, 4.69) is 4.98 Å². The number of amides is 1. The minimum Gasteiger partial charge on any atom is -0.469 e. The fourth-order valence-corrected chi connectivity index (χ4v) is 3.41.